The molecule has 2 aromatic carbocycles. The van der Waals surface area contributed by atoms with E-state index in [2.05, 4.69) is 4.74 Å². The molecule has 2 rings (SSSR count). The van der Waals surface area contributed by atoms with Gasteiger partial charge in [0.1, 0.15) is 11.6 Å². The Hall–Kier alpha value is -1.72. The van der Waals surface area contributed by atoms with Gasteiger partial charge >= 0.3 is 6.61 Å². The van der Waals surface area contributed by atoms with Crippen molar-refractivity contribution in [3.05, 3.63) is 64.4 Å². The van der Waals surface area contributed by atoms with Crippen molar-refractivity contribution in [1.29, 1.82) is 0 Å². The molecule has 0 radical (unpaired) electrons. The van der Waals surface area contributed by atoms with E-state index < -0.39 is 18.5 Å². The van der Waals surface area contributed by atoms with Crippen molar-refractivity contribution in [1.82, 2.24) is 0 Å². The molecule has 21 heavy (non-hydrogen) atoms. The van der Waals surface area contributed by atoms with Crippen LogP contribution >= 0.6 is 11.6 Å². The number of halogens is 4. The maximum atomic E-state index is 13.7. The molecular weight excluding hydrogens is 305 g/mol. The van der Waals surface area contributed by atoms with Crippen LogP contribution in [0.5, 0.6) is 5.75 Å². The highest BCUT2D eigenvalue weighted by Crippen LogP contribution is 2.29. The van der Waals surface area contributed by atoms with Gasteiger partial charge in [0.15, 0.2) is 0 Å². The Morgan fingerprint density at radius 3 is 2.52 bits per heavy atom. The average molecular weight is 317 g/mol. The van der Waals surface area contributed by atoms with E-state index in [9.17, 15) is 18.3 Å². The lowest BCUT2D eigenvalue weighted by atomic mass is 10.0. The molecule has 1 N–H and O–H groups in total. The van der Waals surface area contributed by atoms with Crippen LogP contribution in [0.3, 0.4) is 0 Å². The molecule has 0 aliphatic rings. The van der Waals surface area contributed by atoms with Crippen LogP contribution in [0.4, 0.5) is 13.2 Å². The molecule has 0 aliphatic carbocycles. The zero-order chi connectivity index (χ0) is 15.4. The van der Waals surface area contributed by atoms with Gasteiger partial charge in [0.2, 0.25) is 0 Å². The summed E-state index contributed by atoms with van der Waals surface area (Å²) in [6, 6.07) is 9.93. The van der Waals surface area contributed by atoms with Crippen LogP contribution in [0, 0.1) is 5.82 Å². The minimum absolute atomic E-state index is 0.0768. The van der Waals surface area contributed by atoms with Crippen molar-refractivity contribution in [2.24, 2.45) is 0 Å². The van der Waals surface area contributed by atoms with Crippen LogP contribution in [0.15, 0.2) is 42.5 Å². The number of hydrogen-bond donors (Lipinski definition) is 1. The first-order valence-electron chi connectivity index (χ1n) is 6.13. The monoisotopic (exact) mass is 316 g/mol. The Morgan fingerprint density at radius 1 is 1.14 bits per heavy atom. The summed E-state index contributed by atoms with van der Waals surface area (Å²) >= 11 is 5.65. The van der Waals surface area contributed by atoms with Crippen molar-refractivity contribution >= 4 is 11.6 Å². The minimum atomic E-state index is -2.99. The third-order valence-corrected chi connectivity index (χ3v) is 3.16. The standard InChI is InChI=1S/C15H12ClF3O2/c16-10-6-5-9(12(17)8-10)7-13(20)11-3-1-2-4-14(11)21-15(18)19/h1-6,8,13,15,20H,7H2. The fourth-order valence-corrected chi connectivity index (χ4v) is 2.12. The van der Waals surface area contributed by atoms with E-state index in [0.29, 0.717) is 0 Å². The van der Waals surface area contributed by atoms with Crippen LogP contribution in [0.1, 0.15) is 17.2 Å². The van der Waals surface area contributed by atoms with Gasteiger partial charge in [-0.3, -0.25) is 0 Å². The molecule has 2 aromatic rings. The zero-order valence-electron chi connectivity index (χ0n) is 10.8. The van der Waals surface area contributed by atoms with Crippen molar-refractivity contribution in [2.45, 2.75) is 19.1 Å². The molecule has 0 bridgehead atoms. The Bertz CT molecular complexity index is 620. The van der Waals surface area contributed by atoms with E-state index in [1.165, 1.54) is 30.3 Å². The second-order valence-corrected chi connectivity index (χ2v) is 4.81. The number of alkyl halides is 2. The van der Waals surface area contributed by atoms with Gasteiger partial charge < -0.3 is 9.84 Å². The molecule has 1 atom stereocenters. The lowest BCUT2D eigenvalue weighted by Gasteiger charge is -2.16. The third kappa shape index (κ3) is 4.12. The Kier molecular flexibility index (Phi) is 5.09. The van der Waals surface area contributed by atoms with Gasteiger partial charge in [0.25, 0.3) is 0 Å². The molecule has 0 saturated carbocycles. The molecule has 0 aliphatic heterocycles. The van der Waals surface area contributed by atoms with Crippen LogP contribution < -0.4 is 4.74 Å². The first-order chi connectivity index (χ1) is 9.97. The Labute approximate surface area is 124 Å². The molecule has 0 aromatic heterocycles. The smallest absolute Gasteiger partial charge is 0.387 e. The number of aliphatic hydroxyl groups excluding tert-OH is 1. The molecule has 0 saturated heterocycles. The largest absolute Gasteiger partial charge is 0.434 e. The predicted molar refractivity (Wildman–Crippen MR) is 73.1 cm³/mol. The van der Waals surface area contributed by atoms with E-state index in [1.54, 1.807) is 6.07 Å². The number of aliphatic hydroxyl groups is 1. The van der Waals surface area contributed by atoms with Crippen molar-refractivity contribution in [3.63, 3.8) is 0 Å². The first-order valence-corrected chi connectivity index (χ1v) is 6.51. The summed E-state index contributed by atoms with van der Waals surface area (Å²) in [6.45, 7) is -2.99. The quantitative estimate of drug-likeness (QED) is 0.888. The van der Waals surface area contributed by atoms with Gasteiger partial charge in [-0.2, -0.15) is 8.78 Å². The zero-order valence-corrected chi connectivity index (χ0v) is 11.5. The fraction of sp³-hybridized carbons (Fsp3) is 0.200. The lowest BCUT2D eigenvalue weighted by molar-refractivity contribution is -0.0515. The van der Waals surface area contributed by atoms with Gasteiger partial charge in [0.05, 0.1) is 6.10 Å². The van der Waals surface area contributed by atoms with Crippen LogP contribution in [-0.2, 0) is 6.42 Å². The Morgan fingerprint density at radius 2 is 1.86 bits per heavy atom. The van der Waals surface area contributed by atoms with Crippen LogP contribution in [0.2, 0.25) is 5.02 Å². The van der Waals surface area contributed by atoms with Gasteiger partial charge in [-0.15, -0.1) is 0 Å². The summed E-state index contributed by atoms with van der Waals surface area (Å²) in [6.07, 6.45) is -1.25. The maximum absolute atomic E-state index is 13.7. The number of hydrogen-bond acceptors (Lipinski definition) is 2. The van der Waals surface area contributed by atoms with Crippen LogP contribution in [-0.4, -0.2) is 11.7 Å². The molecule has 1 unspecified atom stereocenters. The maximum Gasteiger partial charge on any atom is 0.387 e. The average Bonchev–Trinajstić information content (AvgIpc) is 2.42. The molecule has 0 heterocycles. The summed E-state index contributed by atoms with van der Waals surface area (Å²) in [5.74, 6) is -0.691. The second kappa shape index (κ2) is 6.83. The van der Waals surface area contributed by atoms with Crippen molar-refractivity contribution in [2.75, 3.05) is 0 Å². The molecule has 0 fully saturated rings. The first kappa shape index (κ1) is 15.7. The highest BCUT2D eigenvalue weighted by Gasteiger charge is 2.18. The van der Waals surface area contributed by atoms with Crippen LogP contribution in [0.25, 0.3) is 0 Å². The molecule has 0 spiro atoms. The summed E-state index contributed by atoms with van der Waals surface area (Å²) in [7, 11) is 0. The summed E-state index contributed by atoms with van der Waals surface area (Å²) in [4.78, 5) is 0. The topological polar surface area (TPSA) is 29.5 Å². The van der Waals surface area contributed by atoms with E-state index in [4.69, 9.17) is 11.6 Å². The molecule has 0 amide bonds. The van der Waals surface area contributed by atoms with Gasteiger partial charge in [-0.1, -0.05) is 35.9 Å². The molecule has 112 valence electrons. The molecule has 2 nitrogen and oxygen atoms in total. The number of benzene rings is 2. The number of para-hydroxylation sites is 1. The molecule has 6 heteroatoms. The van der Waals surface area contributed by atoms with E-state index >= 15 is 0 Å². The van der Waals surface area contributed by atoms with E-state index in [0.717, 1.165) is 6.07 Å². The summed E-state index contributed by atoms with van der Waals surface area (Å²) in [5, 5.41) is 10.4. The van der Waals surface area contributed by atoms with Gasteiger partial charge in [0, 0.05) is 17.0 Å². The van der Waals surface area contributed by atoms with Crippen molar-refractivity contribution in [3.8, 4) is 5.75 Å². The number of rotatable bonds is 5. The summed E-state index contributed by atoms with van der Waals surface area (Å²) < 4.78 is 42.7. The minimum Gasteiger partial charge on any atom is -0.434 e. The highest BCUT2D eigenvalue weighted by atomic mass is 35.5. The SMILES string of the molecule is OC(Cc1ccc(Cl)cc1F)c1ccccc1OC(F)F. The van der Waals surface area contributed by atoms with Gasteiger partial charge in [-0.25, -0.2) is 4.39 Å². The predicted octanol–water partition coefficient (Wildman–Crippen LogP) is 4.36. The van der Waals surface area contributed by atoms with E-state index in [1.807, 2.05) is 0 Å². The fourth-order valence-electron chi connectivity index (χ4n) is 1.96. The third-order valence-electron chi connectivity index (χ3n) is 2.92. The lowest BCUT2D eigenvalue weighted by Crippen LogP contribution is -2.09. The summed E-state index contributed by atoms with van der Waals surface area (Å²) in [5.41, 5.74) is 0.408. The molecular formula is C15H12ClF3O2. The second-order valence-electron chi connectivity index (χ2n) is 4.37. The number of ether oxygens (including phenoxy) is 1. The highest BCUT2D eigenvalue weighted by molar-refractivity contribution is 6.30. The normalized spacial score (nSPS) is 12.5. The van der Waals surface area contributed by atoms with E-state index in [-0.39, 0.29) is 28.3 Å². The van der Waals surface area contributed by atoms with Gasteiger partial charge in [-0.05, 0) is 23.8 Å². The van der Waals surface area contributed by atoms with Crippen molar-refractivity contribution < 1.29 is 23.0 Å². The Balaban J connectivity index is 2.22.